The lowest BCUT2D eigenvalue weighted by Crippen LogP contribution is -2.18. The average molecular weight is 289 g/mol. The zero-order valence-electron chi connectivity index (χ0n) is 11.3. The number of nitrogens with zero attached hydrogens (tertiary/aromatic N) is 2. The predicted octanol–water partition coefficient (Wildman–Crippen LogP) is 3.64. The van der Waals surface area contributed by atoms with Crippen LogP contribution in [-0.4, -0.2) is 23.1 Å². The molecule has 2 rings (SSSR count). The lowest BCUT2D eigenvalue weighted by molar-refractivity contribution is -0.141. The predicted molar refractivity (Wildman–Crippen MR) is 68.7 cm³/mol. The van der Waals surface area contributed by atoms with Crippen LogP contribution in [0.5, 0.6) is 5.88 Å². The van der Waals surface area contributed by atoms with Crippen LogP contribution >= 0.6 is 0 Å². The van der Waals surface area contributed by atoms with Gasteiger partial charge < -0.3 is 10.1 Å². The molecule has 20 heavy (non-hydrogen) atoms. The number of anilines is 1. The Morgan fingerprint density at radius 3 is 2.35 bits per heavy atom. The Hall–Kier alpha value is -1.53. The first kappa shape index (κ1) is 14.9. The molecule has 0 aliphatic heterocycles. The molecule has 0 bridgehead atoms. The first-order valence-electron chi connectivity index (χ1n) is 6.80. The highest BCUT2D eigenvalue weighted by Crippen LogP contribution is 2.31. The van der Waals surface area contributed by atoms with Crippen LogP contribution in [0.15, 0.2) is 6.07 Å². The van der Waals surface area contributed by atoms with Crippen molar-refractivity contribution in [1.29, 1.82) is 0 Å². The molecule has 0 unspecified atom stereocenters. The summed E-state index contributed by atoms with van der Waals surface area (Å²) in [6.45, 7) is 0. The molecule has 4 nitrogen and oxygen atoms in total. The van der Waals surface area contributed by atoms with E-state index >= 15 is 0 Å². The lowest BCUT2D eigenvalue weighted by atomic mass is 10.1. The first-order valence-corrected chi connectivity index (χ1v) is 6.80. The van der Waals surface area contributed by atoms with Crippen LogP contribution in [0.1, 0.15) is 44.2 Å². The molecule has 0 spiro atoms. The summed E-state index contributed by atoms with van der Waals surface area (Å²) in [6, 6.07) is 0.867. The Labute approximate surface area is 115 Å². The van der Waals surface area contributed by atoms with Crippen molar-refractivity contribution in [2.45, 2.75) is 50.8 Å². The van der Waals surface area contributed by atoms with E-state index in [-0.39, 0.29) is 17.9 Å². The van der Waals surface area contributed by atoms with E-state index in [1.807, 2.05) is 0 Å². The number of hydrogen-bond acceptors (Lipinski definition) is 4. The zero-order chi connectivity index (χ0) is 14.6. The number of alkyl halides is 3. The minimum atomic E-state index is -4.50. The third-order valence-corrected chi connectivity index (χ3v) is 3.31. The maximum absolute atomic E-state index is 12.8. The summed E-state index contributed by atoms with van der Waals surface area (Å²) in [5.41, 5.74) is -0.986. The second-order valence-electron chi connectivity index (χ2n) is 4.89. The summed E-state index contributed by atoms with van der Waals surface area (Å²) in [7, 11) is 1.48. The second kappa shape index (κ2) is 6.28. The van der Waals surface area contributed by atoms with Gasteiger partial charge in [0.2, 0.25) is 11.8 Å². The molecule has 1 N–H and O–H groups in total. The Kier molecular flexibility index (Phi) is 4.67. The number of halogens is 3. The fourth-order valence-electron chi connectivity index (χ4n) is 2.27. The summed E-state index contributed by atoms with van der Waals surface area (Å²) in [5.74, 6) is -0.0907. The van der Waals surface area contributed by atoms with E-state index in [4.69, 9.17) is 4.74 Å². The number of aromatic nitrogens is 2. The minimum absolute atomic E-state index is 0.0106. The number of nitrogens with one attached hydrogen (secondary N) is 1. The molecule has 1 saturated carbocycles. The van der Waals surface area contributed by atoms with Gasteiger partial charge in [0.15, 0.2) is 5.69 Å². The van der Waals surface area contributed by atoms with Crippen LogP contribution in [0.4, 0.5) is 19.1 Å². The molecule has 0 saturated heterocycles. The topological polar surface area (TPSA) is 47.0 Å². The van der Waals surface area contributed by atoms with Gasteiger partial charge in [0.25, 0.3) is 0 Å². The van der Waals surface area contributed by atoms with Gasteiger partial charge in [-0.25, -0.2) is 4.98 Å². The molecule has 0 aromatic carbocycles. The van der Waals surface area contributed by atoms with E-state index in [0.717, 1.165) is 44.6 Å². The third-order valence-electron chi connectivity index (χ3n) is 3.31. The average Bonchev–Trinajstić information content (AvgIpc) is 2.66. The molecule has 1 aliphatic rings. The maximum Gasteiger partial charge on any atom is 0.433 e. The standard InChI is InChI=1S/C13H18F3N3O/c1-17-12-18-10(13(14,15)16)8-11(19-12)20-9-6-4-2-3-5-7-9/h8-9H,2-7H2,1H3,(H,17,18,19). The van der Waals surface area contributed by atoms with E-state index in [0.29, 0.717) is 0 Å². The molecular formula is C13H18F3N3O. The van der Waals surface area contributed by atoms with Crippen LogP contribution < -0.4 is 10.1 Å². The molecule has 1 aliphatic carbocycles. The van der Waals surface area contributed by atoms with Crippen LogP contribution in [0.2, 0.25) is 0 Å². The van der Waals surface area contributed by atoms with Crippen molar-refractivity contribution < 1.29 is 17.9 Å². The normalized spacial score (nSPS) is 17.6. The molecule has 7 heteroatoms. The molecule has 1 fully saturated rings. The molecule has 1 aromatic heterocycles. The monoisotopic (exact) mass is 289 g/mol. The maximum atomic E-state index is 12.8. The van der Waals surface area contributed by atoms with E-state index in [2.05, 4.69) is 15.3 Å². The molecule has 0 radical (unpaired) electrons. The van der Waals surface area contributed by atoms with Gasteiger partial charge >= 0.3 is 6.18 Å². The first-order chi connectivity index (χ1) is 9.49. The highest BCUT2D eigenvalue weighted by molar-refractivity contribution is 5.31. The summed E-state index contributed by atoms with van der Waals surface area (Å²) in [5, 5.41) is 2.53. The molecular weight excluding hydrogens is 271 g/mol. The second-order valence-corrected chi connectivity index (χ2v) is 4.89. The van der Waals surface area contributed by atoms with Crippen molar-refractivity contribution in [2.24, 2.45) is 0 Å². The van der Waals surface area contributed by atoms with Gasteiger partial charge in [0.1, 0.15) is 6.10 Å². The zero-order valence-corrected chi connectivity index (χ0v) is 11.3. The quantitative estimate of drug-likeness (QED) is 0.863. The largest absolute Gasteiger partial charge is 0.474 e. The van der Waals surface area contributed by atoms with Gasteiger partial charge in [-0.2, -0.15) is 18.2 Å². The van der Waals surface area contributed by atoms with E-state index in [9.17, 15) is 13.2 Å². The molecule has 1 aromatic rings. The lowest BCUT2D eigenvalue weighted by Gasteiger charge is -2.17. The summed E-state index contributed by atoms with van der Waals surface area (Å²) >= 11 is 0. The van der Waals surface area contributed by atoms with E-state index < -0.39 is 11.9 Å². The van der Waals surface area contributed by atoms with E-state index in [1.165, 1.54) is 7.05 Å². The Bertz CT molecular complexity index is 443. The molecule has 0 atom stereocenters. The summed E-state index contributed by atoms with van der Waals surface area (Å²) in [6.07, 6.45) is 1.55. The molecule has 112 valence electrons. The summed E-state index contributed by atoms with van der Waals surface area (Å²) < 4.78 is 43.9. The van der Waals surface area contributed by atoms with Crippen molar-refractivity contribution in [2.75, 3.05) is 12.4 Å². The third kappa shape index (κ3) is 3.98. The van der Waals surface area contributed by atoms with Crippen LogP contribution in [0.25, 0.3) is 0 Å². The van der Waals surface area contributed by atoms with Crippen molar-refractivity contribution in [3.8, 4) is 5.88 Å². The van der Waals surface area contributed by atoms with Gasteiger partial charge in [0, 0.05) is 13.1 Å². The minimum Gasteiger partial charge on any atom is -0.474 e. The van der Waals surface area contributed by atoms with Gasteiger partial charge in [-0.15, -0.1) is 0 Å². The Morgan fingerprint density at radius 1 is 1.15 bits per heavy atom. The van der Waals surface area contributed by atoms with Gasteiger partial charge in [0.05, 0.1) is 0 Å². The van der Waals surface area contributed by atoms with Crippen molar-refractivity contribution in [3.05, 3.63) is 11.8 Å². The fourth-order valence-corrected chi connectivity index (χ4v) is 2.27. The van der Waals surface area contributed by atoms with Crippen LogP contribution in [-0.2, 0) is 6.18 Å². The number of rotatable bonds is 3. The van der Waals surface area contributed by atoms with Gasteiger partial charge in [-0.3, -0.25) is 0 Å². The Morgan fingerprint density at radius 2 is 1.80 bits per heavy atom. The SMILES string of the molecule is CNc1nc(OC2CCCCCC2)cc(C(F)(F)F)n1. The van der Waals surface area contributed by atoms with Crippen molar-refractivity contribution in [1.82, 2.24) is 9.97 Å². The van der Waals surface area contributed by atoms with Crippen LogP contribution in [0, 0.1) is 0 Å². The van der Waals surface area contributed by atoms with Crippen molar-refractivity contribution >= 4 is 5.95 Å². The summed E-state index contributed by atoms with van der Waals surface area (Å²) in [4.78, 5) is 7.35. The van der Waals surface area contributed by atoms with E-state index in [1.54, 1.807) is 0 Å². The molecule has 0 amide bonds. The molecule has 1 heterocycles. The highest BCUT2D eigenvalue weighted by Gasteiger charge is 2.34. The number of hydrogen-bond donors (Lipinski definition) is 1. The highest BCUT2D eigenvalue weighted by atomic mass is 19.4. The van der Waals surface area contributed by atoms with Gasteiger partial charge in [-0.05, 0) is 25.7 Å². The van der Waals surface area contributed by atoms with Crippen LogP contribution in [0.3, 0.4) is 0 Å². The van der Waals surface area contributed by atoms with Crippen molar-refractivity contribution in [3.63, 3.8) is 0 Å². The number of ether oxygens (including phenoxy) is 1. The fraction of sp³-hybridized carbons (Fsp3) is 0.692. The Balaban J connectivity index is 2.17. The van der Waals surface area contributed by atoms with Gasteiger partial charge in [-0.1, -0.05) is 12.8 Å². The smallest absolute Gasteiger partial charge is 0.433 e.